The first-order valence-corrected chi connectivity index (χ1v) is 9.29. The van der Waals surface area contributed by atoms with Crippen LogP contribution in [0.15, 0.2) is 35.5 Å². The van der Waals surface area contributed by atoms with E-state index in [0.29, 0.717) is 12.2 Å². The lowest BCUT2D eigenvalue weighted by molar-refractivity contribution is 0.187. The third kappa shape index (κ3) is 6.72. The first-order chi connectivity index (χ1) is 12.6. The number of hydrogen-bond donors (Lipinski definition) is 3. The van der Waals surface area contributed by atoms with Gasteiger partial charge in [-0.3, -0.25) is 5.32 Å². The lowest BCUT2D eigenvalue weighted by atomic mass is 10.2. The quantitative estimate of drug-likeness (QED) is 0.512. The molecule has 0 bridgehead atoms. The van der Waals surface area contributed by atoms with Crippen molar-refractivity contribution in [2.45, 2.75) is 26.8 Å². The lowest BCUT2D eigenvalue weighted by Gasteiger charge is -2.11. The Bertz CT molecular complexity index is 727. The molecule has 0 atom stereocenters. The molecule has 0 saturated carbocycles. The number of methoxy groups -OCH3 is 1. The highest BCUT2D eigenvalue weighted by Gasteiger charge is 2.02. The molecule has 0 saturated heterocycles. The Morgan fingerprint density at radius 1 is 1.27 bits per heavy atom. The van der Waals surface area contributed by atoms with Gasteiger partial charge in [0, 0.05) is 36.3 Å². The number of ether oxygens (including phenoxy) is 1. The zero-order valence-corrected chi connectivity index (χ0v) is 16.2. The summed E-state index contributed by atoms with van der Waals surface area (Å²) in [5.41, 5.74) is 1.74. The zero-order chi connectivity index (χ0) is 18.8. The SMILES string of the molecule is CCNC(=NCc1ccc(NC(=O)OC)cc1)NCCc1ncc(C)s1. The van der Waals surface area contributed by atoms with E-state index in [-0.39, 0.29) is 0 Å². The van der Waals surface area contributed by atoms with E-state index in [1.165, 1.54) is 12.0 Å². The molecule has 2 rings (SSSR count). The predicted molar refractivity (Wildman–Crippen MR) is 106 cm³/mol. The molecule has 1 amide bonds. The summed E-state index contributed by atoms with van der Waals surface area (Å²) in [4.78, 5) is 21.4. The van der Waals surface area contributed by atoms with Crippen LogP contribution in [-0.2, 0) is 17.7 Å². The van der Waals surface area contributed by atoms with E-state index in [1.54, 1.807) is 11.3 Å². The minimum atomic E-state index is -0.482. The van der Waals surface area contributed by atoms with Gasteiger partial charge in [0.15, 0.2) is 5.96 Å². The first kappa shape index (κ1) is 19.7. The van der Waals surface area contributed by atoms with Gasteiger partial charge in [-0.2, -0.15) is 0 Å². The van der Waals surface area contributed by atoms with Crippen LogP contribution in [0.5, 0.6) is 0 Å². The number of benzene rings is 1. The van der Waals surface area contributed by atoms with E-state index in [9.17, 15) is 4.79 Å². The number of anilines is 1. The molecular weight excluding hydrogens is 350 g/mol. The van der Waals surface area contributed by atoms with Crippen molar-refractivity contribution in [3.63, 3.8) is 0 Å². The highest BCUT2D eigenvalue weighted by atomic mass is 32.1. The molecule has 0 aliphatic carbocycles. The minimum Gasteiger partial charge on any atom is -0.453 e. The molecule has 0 fully saturated rings. The molecule has 3 N–H and O–H groups in total. The maximum Gasteiger partial charge on any atom is 0.411 e. The average Bonchev–Trinajstić information content (AvgIpc) is 3.06. The van der Waals surface area contributed by atoms with Gasteiger partial charge in [0.05, 0.1) is 18.7 Å². The van der Waals surface area contributed by atoms with Crippen LogP contribution in [0, 0.1) is 6.92 Å². The van der Waals surface area contributed by atoms with Crippen molar-refractivity contribution in [1.29, 1.82) is 0 Å². The fourth-order valence-corrected chi connectivity index (χ4v) is 2.97. The number of amides is 1. The summed E-state index contributed by atoms with van der Waals surface area (Å²) in [6.45, 7) is 6.22. The van der Waals surface area contributed by atoms with Crippen molar-refractivity contribution >= 4 is 29.1 Å². The van der Waals surface area contributed by atoms with Crippen LogP contribution in [0.2, 0.25) is 0 Å². The van der Waals surface area contributed by atoms with Crippen LogP contribution >= 0.6 is 11.3 Å². The smallest absolute Gasteiger partial charge is 0.411 e. The van der Waals surface area contributed by atoms with E-state index in [2.05, 4.69) is 37.6 Å². The maximum atomic E-state index is 11.2. The molecule has 0 aliphatic heterocycles. The molecule has 140 valence electrons. The topological polar surface area (TPSA) is 87.6 Å². The molecule has 1 aromatic carbocycles. The molecule has 1 heterocycles. The summed E-state index contributed by atoms with van der Waals surface area (Å²) in [7, 11) is 1.34. The summed E-state index contributed by atoms with van der Waals surface area (Å²) < 4.78 is 4.57. The number of aromatic nitrogens is 1. The van der Waals surface area contributed by atoms with Crippen LogP contribution in [0.25, 0.3) is 0 Å². The maximum absolute atomic E-state index is 11.2. The Kier molecular flexibility index (Phi) is 7.88. The molecule has 0 aliphatic rings. The second-order valence-corrected chi connectivity index (χ2v) is 6.87. The normalized spacial score (nSPS) is 11.1. The number of carbonyl (C=O) groups excluding carboxylic acids is 1. The Labute approximate surface area is 157 Å². The van der Waals surface area contributed by atoms with E-state index >= 15 is 0 Å². The number of aliphatic imine (C=N–C) groups is 1. The molecule has 8 heteroatoms. The first-order valence-electron chi connectivity index (χ1n) is 8.48. The standard InChI is InChI=1S/C18H25N5O2S/c1-4-19-17(20-10-9-16-21-11-13(2)26-16)22-12-14-5-7-15(8-6-14)23-18(24)25-3/h5-8,11H,4,9-10,12H2,1-3H3,(H,23,24)(H2,19,20,22). The summed E-state index contributed by atoms with van der Waals surface area (Å²) in [6, 6.07) is 7.51. The van der Waals surface area contributed by atoms with E-state index < -0.39 is 6.09 Å². The number of thiazole rings is 1. The number of nitrogens with one attached hydrogen (secondary N) is 3. The lowest BCUT2D eigenvalue weighted by Crippen LogP contribution is -2.38. The van der Waals surface area contributed by atoms with Gasteiger partial charge in [-0.05, 0) is 31.5 Å². The Hall–Kier alpha value is -2.61. The number of aryl methyl sites for hydroxylation is 1. The Morgan fingerprint density at radius 3 is 2.65 bits per heavy atom. The van der Waals surface area contributed by atoms with Crippen molar-refractivity contribution in [2.24, 2.45) is 4.99 Å². The molecule has 0 radical (unpaired) electrons. The van der Waals surface area contributed by atoms with Gasteiger partial charge >= 0.3 is 6.09 Å². The number of carbonyl (C=O) groups is 1. The van der Waals surface area contributed by atoms with Crippen molar-refractivity contribution < 1.29 is 9.53 Å². The molecule has 0 unspecified atom stereocenters. The molecule has 2 aromatic rings. The van der Waals surface area contributed by atoms with Gasteiger partial charge in [-0.15, -0.1) is 11.3 Å². The largest absolute Gasteiger partial charge is 0.453 e. The summed E-state index contributed by atoms with van der Waals surface area (Å²) >= 11 is 1.72. The molecule has 1 aromatic heterocycles. The van der Waals surface area contributed by atoms with Crippen molar-refractivity contribution in [3.8, 4) is 0 Å². The van der Waals surface area contributed by atoms with Crippen LogP contribution < -0.4 is 16.0 Å². The average molecular weight is 375 g/mol. The zero-order valence-electron chi connectivity index (χ0n) is 15.3. The van der Waals surface area contributed by atoms with E-state index in [0.717, 1.165) is 36.0 Å². The van der Waals surface area contributed by atoms with Gasteiger partial charge in [-0.1, -0.05) is 12.1 Å². The van der Waals surface area contributed by atoms with Crippen molar-refractivity contribution in [3.05, 3.63) is 45.9 Å². The fourth-order valence-electron chi connectivity index (χ4n) is 2.18. The number of hydrogen-bond acceptors (Lipinski definition) is 5. The Balaban J connectivity index is 1.86. The summed E-state index contributed by atoms with van der Waals surface area (Å²) in [5.74, 6) is 0.776. The second-order valence-electron chi connectivity index (χ2n) is 5.55. The highest BCUT2D eigenvalue weighted by molar-refractivity contribution is 7.11. The second kappa shape index (κ2) is 10.4. The van der Waals surface area contributed by atoms with Gasteiger partial charge in [0.2, 0.25) is 0 Å². The predicted octanol–water partition coefficient (Wildman–Crippen LogP) is 2.93. The molecule has 7 nitrogen and oxygen atoms in total. The number of guanidine groups is 1. The van der Waals surface area contributed by atoms with Gasteiger partial charge in [-0.25, -0.2) is 14.8 Å². The van der Waals surface area contributed by atoms with Crippen LogP contribution in [0.4, 0.5) is 10.5 Å². The van der Waals surface area contributed by atoms with Crippen LogP contribution in [-0.4, -0.2) is 37.2 Å². The van der Waals surface area contributed by atoms with Crippen molar-refractivity contribution in [2.75, 3.05) is 25.5 Å². The molecular formula is C18H25N5O2S. The van der Waals surface area contributed by atoms with Crippen LogP contribution in [0.3, 0.4) is 0 Å². The Morgan fingerprint density at radius 2 is 2.04 bits per heavy atom. The fraction of sp³-hybridized carbons (Fsp3) is 0.389. The third-order valence-corrected chi connectivity index (χ3v) is 4.42. The highest BCUT2D eigenvalue weighted by Crippen LogP contribution is 2.11. The molecule has 0 spiro atoms. The molecule has 26 heavy (non-hydrogen) atoms. The van der Waals surface area contributed by atoms with Crippen molar-refractivity contribution in [1.82, 2.24) is 15.6 Å². The van der Waals surface area contributed by atoms with Gasteiger partial charge < -0.3 is 15.4 Å². The minimum absolute atomic E-state index is 0.482. The van der Waals surface area contributed by atoms with Gasteiger partial charge in [0.1, 0.15) is 0 Å². The van der Waals surface area contributed by atoms with Gasteiger partial charge in [0.25, 0.3) is 0 Å². The monoisotopic (exact) mass is 375 g/mol. The summed E-state index contributed by atoms with van der Waals surface area (Å²) in [6.07, 6.45) is 2.29. The number of rotatable bonds is 7. The van der Waals surface area contributed by atoms with E-state index in [1.807, 2.05) is 37.4 Å². The third-order valence-electron chi connectivity index (χ3n) is 3.45. The van der Waals surface area contributed by atoms with Crippen LogP contribution in [0.1, 0.15) is 22.4 Å². The number of nitrogens with zero attached hydrogens (tertiary/aromatic N) is 2. The van der Waals surface area contributed by atoms with E-state index in [4.69, 9.17) is 0 Å². The summed E-state index contributed by atoms with van der Waals surface area (Å²) in [5, 5.41) is 10.3.